The molecule has 1 fully saturated rings. The van der Waals surface area contributed by atoms with Gasteiger partial charge in [-0.05, 0) is 53.6 Å². The van der Waals surface area contributed by atoms with Gasteiger partial charge in [-0.3, -0.25) is 19.0 Å². The molecule has 0 aliphatic carbocycles. The van der Waals surface area contributed by atoms with Crippen molar-refractivity contribution < 1.29 is 22.4 Å². The van der Waals surface area contributed by atoms with Crippen molar-refractivity contribution in [1.29, 1.82) is 0 Å². The normalized spacial score (nSPS) is 16.5. The number of anilines is 1. The second-order valence-corrected chi connectivity index (χ2v) is 13.5. The number of benzene rings is 3. The van der Waals surface area contributed by atoms with Gasteiger partial charge in [0.05, 0.1) is 12.6 Å². The van der Waals surface area contributed by atoms with Gasteiger partial charge < -0.3 is 9.80 Å². The maximum atomic E-state index is 15.0. The van der Waals surface area contributed by atoms with Crippen LogP contribution >= 0.6 is 23.2 Å². The summed E-state index contributed by atoms with van der Waals surface area (Å²) in [6.45, 7) is 2.30. The van der Waals surface area contributed by atoms with Crippen molar-refractivity contribution in [3.63, 3.8) is 0 Å². The molecule has 2 aliphatic rings. The Labute approximate surface area is 269 Å². The highest BCUT2D eigenvalue weighted by Crippen LogP contribution is 2.43. The van der Waals surface area contributed by atoms with E-state index in [2.05, 4.69) is 0 Å². The van der Waals surface area contributed by atoms with Crippen molar-refractivity contribution in [1.82, 2.24) is 14.4 Å². The average molecular weight is 670 g/mol. The zero-order chi connectivity index (χ0) is 32.0. The molecule has 3 heterocycles. The Bertz CT molecular complexity index is 1980. The van der Waals surface area contributed by atoms with Gasteiger partial charge in [0, 0.05) is 48.7 Å². The van der Waals surface area contributed by atoms with Crippen LogP contribution in [0, 0.1) is 5.82 Å². The second kappa shape index (κ2) is 12.0. The third-order valence-electron chi connectivity index (χ3n) is 8.15. The van der Waals surface area contributed by atoms with E-state index < -0.39 is 38.2 Å². The second-order valence-electron chi connectivity index (χ2n) is 10.8. The molecule has 6 rings (SSSR count). The molecule has 0 bridgehead atoms. The summed E-state index contributed by atoms with van der Waals surface area (Å²) in [7, 11) is -4.54. The summed E-state index contributed by atoms with van der Waals surface area (Å²) in [4.78, 5) is 42.8. The van der Waals surface area contributed by atoms with Crippen molar-refractivity contribution >= 4 is 50.9 Å². The number of rotatable bonds is 5. The zero-order valence-corrected chi connectivity index (χ0v) is 26.3. The minimum absolute atomic E-state index is 0.0107. The minimum Gasteiger partial charge on any atom is -0.339 e. The van der Waals surface area contributed by atoms with E-state index in [1.54, 1.807) is 53.4 Å². The van der Waals surface area contributed by atoms with Crippen LogP contribution in [-0.4, -0.2) is 67.3 Å². The van der Waals surface area contributed by atoms with Gasteiger partial charge >= 0.3 is 0 Å². The van der Waals surface area contributed by atoms with Gasteiger partial charge in [0.15, 0.2) is 0 Å². The van der Waals surface area contributed by atoms with Crippen molar-refractivity contribution in [2.75, 3.05) is 37.0 Å². The van der Waals surface area contributed by atoms with Crippen LogP contribution in [0.15, 0.2) is 88.6 Å². The first-order valence-electron chi connectivity index (χ1n) is 14.1. The van der Waals surface area contributed by atoms with Crippen molar-refractivity contribution in [2.24, 2.45) is 0 Å². The maximum absolute atomic E-state index is 15.0. The molecule has 4 aromatic rings. The maximum Gasteiger partial charge on any atom is 0.268 e. The van der Waals surface area contributed by atoms with Crippen molar-refractivity contribution in [3.05, 3.63) is 116 Å². The third-order valence-corrected chi connectivity index (χ3v) is 10.4. The molecule has 13 heteroatoms. The predicted molar refractivity (Wildman–Crippen MR) is 170 cm³/mol. The van der Waals surface area contributed by atoms with E-state index >= 15 is 4.39 Å². The molecule has 1 atom stereocenters. The van der Waals surface area contributed by atoms with Crippen LogP contribution < -0.4 is 9.86 Å². The number of hydrogen-bond donors (Lipinski definition) is 0. The van der Waals surface area contributed by atoms with Gasteiger partial charge in [-0.2, -0.15) is 0 Å². The topological polar surface area (TPSA) is 100 Å². The van der Waals surface area contributed by atoms with Crippen LogP contribution in [0.5, 0.6) is 0 Å². The molecule has 9 nitrogen and oxygen atoms in total. The fourth-order valence-electron chi connectivity index (χ4n) is 5.81. The first-order valence-corrected chi connectivity index (χ1v) is 16.3. The lowest BCUT2D eigenvalue weighted by Gasteiger charge is -2.34. The lowest BCUT2D eigenvalue weighted by molar-refractivity contribution is -0.130. The lowest BCUT2D eigenvalue weighted by atomic mass is 10.0. The lowest BCUT2D eigenvalue weighted by Crippen LogP contribution is -2.51. The molecule has 0 N–H and O–H groups in total. The van der Waals surface area contributed by atoms with Crippen LogP contribution in [-0.2, 0) is 14.8 Å². The van der Waals surface area contributed by atoms with Crippen LogP contribution in [0.1, 0.15) is 28.9 Å². The third kappa shape index (κ3) is 5.60. The molecule has 1 aromatic heterocycles. The van der Waals surface area contributed by atoms with E-state index in [1.165, 1.54) is 40.7 Å². The molecule has 2 aliphatic heterocycles. The van der Waals surface area contributed by atoms with Crippen molar-refractivity contribution in [2.45, 2.75) is 17.9 Å². The quantitative estimate of drug-likeness (QED) is 0.296. The largest absolute Gasteiger partial charge is 0.339 e. The summed E-state index contributed by atoms with van der Waals surface area (Å²) in [6.07, 6.45) is 0. The summed E-state index contributed by atoms with van der Waals surface area (Å²) in [5, 5.41) is 0.869. The highest BCUT2D eigenvalue weighted by molar-refractivity contribution is 7.92. The van der Waals surface area contributed by atoms with Crippen molar-refractivity contribution in [3.8, 4) is 11.1 Å². The highest BCUT2D eigenvalue weighted by Gasteiger charge is 2.42. The number of carbonyl (C=O) groups excluding carboxylic acids is 2. The number of piperazine rings is 1. The number of fused-ring (bicyclic) bond motifs is 1. The first kappa shape index (κ1) is 30.8. The molecular formula is C32H27Cl2FN4O5S. The summed E-state index contributed by atoms with van der Waals surface area (Å²) >= 11 is 12.3. The molecule has 232 valence electrons. The Balaban J connectivity index is 1.59. The molecule has 0 unspecified atom stereocenters. The van der Waals surface area contributed by atoms with E-state index in [-0.39, 0.29) is 42.5 Å². The van der Waals surface area contributed by atoms with Gasteiger partial charge in [-0.15, -0.1) is 0 Å². The molecule has 0 saturated carbocycles. The summed E-state index contributed by atoms with van der Waals surface area (Å²) in [5.74, 6) is -1.60. The van der Waals surface area contributed by atoms with Crippen LogP contribution in [0.25, 0.3) is 11.1 Å². The summed E-state index contributed by atoms with van der Waals surface area (Å²) in [6, 6.07) is 18.7. The average Bonchev–Trinajstić information content (AvgIpc) is 3.44. The monoisotopic (exact) mass is 668 g/mol. The van der Waals surface area contributed by atoms with E-state index in [9.17, 15) is 22.8 Å². The minimum atomic E-state index is -4.54. The number of pyridine rings is 1. The smallest absolute Gasteiger partial charge is 0.268 e. The van der Waals surface area contributed by atoms with Crippen LogP contribution in [0.2, 0.25) is 10.0 Å². The van der Waals surface area contributed by atoms with Gasteiger partial charge in [0.25, 0.3) is 21.5 Å². The van der Waals surface area contributed by atoms with Crippen LogP contribution in [0.3, 0.4) is 0 Å². The predicted octanol–water partition coefficient (Wildman–Crippen LogP) is 5.06. The van der Waals surface area contributed by atoms with Gasteiger partial charge in [0.1, 0.15) is 22.1 Å². The number of amides is 2. The zero-order valence-electron chi connectivity index (χ0n) is 24.0. The molecule has 45 heavy (non-hydrogen) atoms. The summed E-state index contributed by atoms with van der Waals surface area (Å²) < 4.78 is 45.7. The van der Waals surface area contributed by atoms with Gasteiger partial charge in [0.2, 0.25) is 5.91 Å². The molecule has 1 saturated heterocycles. The Morgan fingerprint density at radius 3 is 2.02 bits per heavy atom. The number of halogens is 3. The van der Waals surface area contributed by atoms with Gasteiger partial charge in [-0.1, -0.05) is 59.6 Å². The fraction of sp³-hybridized carbons (Fsp3) is 0.219. The standard InChI is InChI=1S/C32H27Cl2FN4O5S/c1-20(40)36-14-16-37(17-15-36)31(41)26-18-25(21-6-10-23(33)11-7-21)30-38(45(43,44)29-5-3-2-4-27(29)35)19-28(39(30)32(26)42)22-8-12-24(34)13-9-22/h2-13,18,28H,14-17,19H2,1H3/t28-/m1/s1. The Morgan fingerprint density at radius 1 is 0.844 bits per heavy atom. The highest BCUT2D eigenvalue weighted by atomic mass is 35.5. The van der Waals surface area contributed by atoms with E-state index in [1.807, 2.05) is 0 Å². The van der Waals surface area contributed by atoms with Crippen LogP contribution in [0.4, 0.5) is 10.2 Å². The molecular weight excluding hydrogens is 642 g/mol. The summed E-state index contributed by atoms with van der Waals surface area (Å²) in [5.41, 5.74) is 0.463. The Hall–Kier alpha value is -4.19. The number of hydrogen-bond acceptors (Lipinski definition) is 5. The molecule has 2 amide bonds. The number of aromatic nitrogens is 1. The number of carbonyl (C=O) groups is 2. The first-order chi connectivity index (χ1) is 21.5. The van der Waals surface area contributed by atoms with E-state index in [4.69, 9.17) is 23.2 Å². The van der Waals surface area contributed by atoms with E-state index in [0.717, 1.165) is 10.4 Å². The Kier molecular flexibility index (Phi) is 8.19. The SMILES string of the molecule is CC(=O)N1CCN(C(=O)c2cc(-c3ccc(Cl)cc3)c3n(c2=O)[C@@H](c2ccc(Cl)cc2)CN3S(=O)(=O)c2ccccc2F)CC1. The molecule has 0 radical (unpaired) electrons. The molecule has 0 spiro atoms. The number of nitrogens with zero attached hydrogens (tertiary/aromatic N) is 4. The number of sulfonamides is 1. The van der Waals surface area contributed by atoms with E-state index in [0.29, 0.717) is 34.3 Å². The molecule has 3 aromatic carbocycles. The Morgan fingerprint density at radius 2 is 1.42 bits per heavy atom. The fourth-order valence-corrected chi connectivity index (χ4v) is 7.61. The van der Waals surface area contributed by atoms with Gasteiger partial charge in [-0.25, -0.2) is 17.1 Å².